The van der Waals surface area contributed by atoms with Crippen molar-refractivity contribution in [3.63, 3.8) is 0 Å². The Bertz CT molecular complexity index is 1070. The first-order valence-electron chi connectivity index (χ1n) is 11.2. The smallest absolute Gasteiger partial charge is 0.338 e. The largest absolute Gasteiger partial charge is 0.497 e. The molecule has 3 heterocycles. The molecular formula is C25H29N3O5S. The zero-order valence-electron chi connectivity index (χ0n) is 19.7. The third-order valence-corrected chi connectivity index (χ3v) is 6.92. The van der Waals surface area contributed by atoms with E-state index in [1.165, 1.54) is 17.8 Å². The van der Waals surface area contributed by atoms with Gasteiger partial charge in [-0.15, -0.1) is 0 Å². The Morgan fingerprint density at radius 3 is 2.47 bits per heavy atom. The number of methoxy groups -OCH3 is 2. The average Bonchev–Trinajstić information content (AvgIpc) is 3.52. The number of carbonyl (C=O) groups excluding carboxylic acids is 2. The third kappa shape index (κ3) is 4.70. The summed E-state index contributed by atoms with van der Waals surface area (Å²) in [5.74, 6) is 0.796. The molecule has 1 aromatic rings. The molecule has 1 atom stereocenters. The molecule has 1 fully saturated rings. The minimum absolute atomic E-state index is 0.0784. The van der Waals surface area contributed by atoms with Crippen LogP contribution in [0.15, 0.2) is 58.2 Å². The van der Waals surface area contributed by atoms with E-state index in [0.29, 0.717) is 27.9 Å². The van der Waals surface area contributed by atoms with Crippen LogP contribution in [0.4, 0.5) is 0 Å². The highest BCUT2D eigenvalue weighted by molar-refractivity contribution is 8.16. The number of esters is 1. The van der Waals surface area contributed by atoms with Crippen LogP contribution in [-0.2, 0) is 14.3 Å². The minimum Gasteiger partial charge on any atom is -0.497 e. The van der Waals surface area contributed by atoms with E-state index in [4.69, 9.17) is 14.2 Å². The van der Waals surface area contributed by atoms with Crippen molar-refractivity contribution in [3.05, 3.63) is 58.8 Å². The molecule has 0 N–H and O–H groups in total. The number of amidine groups is 1. The molecule has 0 radical (unpaired) electrons. The molecule has 3 aliphatic heterocycles. The summed E-state index contributed by atoms with van der Waals surface area (Å²) in [4.78, 5) is 34.7. The van der Waals surface area contributed by atoms with Crippen molar-refractivity contribution in [2.24, 2.45) is 4.99 Å². The molecule has 3 aliphatic rings. The lowest BCUT2D eigenvalue weighted by Crippen LogP contribution is -2.38. The second-order valence-corrected chi connectivity index (χ2v) is 9.03. The van der Waals surface area contributed by atoms with Crippen LogP contribution in [-0.4, -0.2) is 60.8 Å². The molecule has 0 unspecified atom stereocenters. The summed E-state index contributed by atoms with van der Waals surface area (Å²) in [6.07, 6.45) is 3.82. The SMILES string of the molecule is C=CCOC(=O)C1=C(C)N=C2SC=C(CC(=O)N3CCCC3)N2[C@H]1c1cc(OC)cc(OC)c1. The summed E-state index contributed by atoms with van der Waals surface area (Å²) in [5.41, 5.74) is 2.55. The lowest BCUT2D eigenvalue weighted by atomic mass is 9.93. The Balaban J connectivity index is 1.77. The second kappa shape index (κ2) is 10.4. The van der Waals surface area contributed by atoms with Gasteiger partial charge in [-0.3, -0.25) is 4.79 Å². The number of likely N-dealkylation sites (tertiary alicyclic amines) is 1. The van der Waals surface area contributed by atoms with Crippen LogP contribution in [0.25, 0.3) is 0 Å². The predicted molar refractivity (Wildman–Crippen MR) is 132 cm³/mol. The van der Waals surface area contributed by atoms with Crippen molar-refractivity contribution >= 4 is 28.8 Å². The fourth-order valence-corrected chi connectivity index (χ4v) is 5.34. The van der Waals surface area contributed by atoms with Crippen LogP contribution < -0.4 is 9.47 Å². The number of thioether (sulfide) groups is 1. The van der Waals surface area contributed by atoms with Gasteiger partial charge in [-0.2, -0.15) is 0 Å². The number of allylic oxidation sites excluding steroid dienone is 1. The molecule has 0 aromatic heterocycles. The number of rotatable bonds is 8. The molecule has 1 saturated heterocycles. The lowest BCUT2D eigenvalue weighted by Gasteiger charge is -2.36. The van der Waals surface area contributed by atoms with Gasteiger partial charge in [0.15, 0.2) is 5.17 Å². The van der Waals surface area contributed by atoms with Gasteiger partial charge in [0.25, 0.3) is 0 Å². The van der Waals surface area contributed by atoms with Gasteiger partial charge in [0.05, 0.1) is 38.0 Å². The molecule has 0 aliphatic carbocycles. The van der Waals surface area contributed by atoms with E-state index >= 15 is 0 Å². The second-order valence-electron chi connectivity index (χ2n) is 8.19. The number of hydrogen-bond acceptors (Lipinski definition) is 8. The van der Waals surface area contributed by atoms with Crippen molar-refractivity contribution < 1.29 is 23.8 Å². The number of fused-ring (bicyclic) bond motifs is 1. The number of ether oxygens (including phenoxy) is 3. The molecule has 0 saturated carbocycles. The van der Waals surface area contributed by atoms with Gasteiger partial charge < -0.3 is 24.0 Å². The van der Waals surface area contributed by atoms with Gasteiger partial charge >= 0.3 is 5.97 Å². The molecular weight excluding hydrogens is 454 g/mol. The highest BCUT2D eigenvalue weighted by Gasteiger charge is 2.42. The number of amides is 1. The predicted octanol–water partition coefficient (Wildman–Crippen LogP) is 4.02. The number of carbonyl (C=O) groups is 2. The van der Waals surface area contributed by atoms with Crippen LogP contribution >= 0.6 is 11.8 Å². The molecule has 34 heavy (non-hydrogen) atoms. The standard InChI is InChI=1S/C25H29N3O5S/c1-5-10-33-24(30)22-16(2)26-25-28(18(15-34-25)13-21(29)27-8-6-7-9-27)23(22)17-11-19(31-3)14-20(12-17)32-4/h5,11-12,14-15,23H,1,6-10,13H2,2-4H3/t23-/m0/s1. The lowest BCUT2D eigenvalue weighted by molar-refractivity contribution is -0.138. The van der Waals surface area contributed by atoms with E-state index in [1.54, 1.807) is 27.2 Å². The maximum Gasteiger partial charge on any atom is 0.338 e. The molecule has 8 nitrogen and oxygen atoms in total. The number of hydrogen-bond donors (Lipinski definition) is 0. The van der Waals surface area contributed by atoms with Crippen molar-refractivity contribution in [2.75, 3.05) is 33.9 Å². The van der Waals surface area contributed by atoms with Crippen molar-refractivity contribution in [3.8, 4) is 11.5 Å². The Kier molecular flexibility index (Phi) is 7.31. The normalized spacial score (nSPS) is 19.4. The van der Waals surface area contributed by atoms with E-state index in [9.17, 15) is 9.59 Å². The third-order valence-electron chi connectivity index (χ3n) is 6.03. The van der Waals surface area contributed by atoms with Crippen LogP contribution in [0.1, 0.15) is 37.8 Å². The zero-order chi connectivity index (χ0) is 24.2. The Labute approximate surface area is 203 Å². The van der Waals surface area contributed by atoms with E-state index in [1.807, 2.05) is 27.3 Å². The highest BCUT2D eigenvalue weighted by Crippen LogP contribution is 2.46. The first-order chi connectivity index (χ1) is 16.5. The maximum atomic E-state index is 13.2. The molecule has 180 valence electrons. The van der Waals surface area contributed by atoms with Crippen molar-refractivity contribution in [1.29, 1.82) is 0 Å². The molecule has 4 rings (SSSR count). The topological polar surface area (TPSA) is 80.7 Å². The zero-order valence-corrected chi connectivity index (χ0v) is 20.5. The van der Waals surface area contributed by atoms with Gasteiger partial charge in [-0.05, 0) is 42.9 Å². The van der Waals surface area contributed by atoms with E-state index < -0.39 is 12.0 Å². The monoisotopic (exact) mass is 483 g/mol. The Morgan fingerprint density at radius 1 is 1.18 bits per heavy atom. The molecule has 0 bridgehead atoms. The van der Waals surface area contributed by atoms with E-state index in [0.717, 1.165) is 37.2 Å². The van der Waals surface area contributed by atoms with Crippen molar-refractivity contribution in [1.82, 2.24) is 9.80 Å². The summed E-state index contributed by atoms with van der Waals surface area (Å²) in [5, 5.41) is 2.66. The van der Waals surface area contributed by atoms with Crippen LogP contribution in [0.5, 0.6) is 11.5 Å². The Morgan fingerprint density at radius 2 is 1.85 bits per heavy atom. The van der Waals surface area contributed by atoms with Gasteiger partial charge in [0.2, 0.25) is 5.91 Å². The van der Waals surface area contributed by atoms with Gasteiger partial charge in [0.1, 0.15) is 18.1 Å². The maximum absolute atomic E-state index is 13.2. The first kappa shape index (κ1) is 23.9. The fraction of sp³-hybridized carbons (Fsp3) is 0.400. The average molecular weight is 484 g/mol. The molecule has 0 spiro atoms. The minimum atomic E-state index is -0.554. The Hall–Kier alpha value is -3.20. The van der Waals surface area contributed by atoms with E-state index in [-0.39, 0.29) is 18.9 Å². The summed E-state index contributed by atoms with van der Waals surface area (Å²) < 4.78 is 16.4. The van der Waals surface area contributed by atoms with Gasteiger partial charge in [-0.25, -0.2) is 9.79 Å². The molecule has 1 aromatic carbocycles. The highest BCUT2D eigenvalue weighted by atomic mass is 32.2. The summed E-state index contributed by atoms with van der Waals surface area (Å²) >= 11 is 1.45. The summed E-state index contributed by atoms with van der Waals surface area (Å²) in [6.45, 7) is 7.10. The number of benzene rings is 1. The number of nitrogens with zero attached hydrogens (tertiary/aromatic N) is 3. The van der Waals surface area contributed by atoms with Crippen LogP contribution in [0.2, 0.25) is 0 Å². The van der Waals surface area contributed by atoms with Crippen LogP contribution in [0.3, 0.4) is 0 Å². The van der Waals surface area contributed by atoms with Gasteiger partial charge in [0, 0.05) is 24.9 Å². The molecule has 1 amide bonds. The summed E-state index contributed by atoms with van der Waals surface area (Å²) in [6, 6.07) is 4.96. The summed E-state index contributed by atoms with van der Waals surface area (Å²) in [7, 11) is 3.16. The fourth-order valence-electron chi connectivity index (χ4n) is 4.38. The van der Waals surface area contributed by atoms with Gasteiger partial charge in [-0.1, -0.05) is 24.4 Å². The van der Waals surface area contributed by atoms with Crippen LogP contribution in [0, 0.1) is 0 Å². The van der Waals surface area contributed by atoms with E-state index in [2.05, 4.69) is 11.6 Å². The number of aliphatic imine (C=N–C) groups is 1. The quantitative estimate of drug-likeness (QED) is 0.408. The first-order valence-corrected chi connectivity index (χ1v) is 12.1. The van der Waals surface area contributed by atoms with Crippen molar-refractivity contribution in [2.45, 2.75) is 32.2 Å². The molecule has 9 heteroatoms.